The van der Waals surface area contributed by atoms with Crippen LogP contribution < -0.4 is 14.8 Å². The van der Waals surface area contributed by atoms with Gasteiger partial charge in [0.15, 0.2) is 11.5 Å². The van der Waals surface area contributed by atoms with Gasteiger partial charge in [-0.25, -0.2) is 0 Å². The zero-order valence-electron chi connectivity index (χ0n) is 15.5. The first-order valence-electron chi connectivity index (χ1n) is 8.23. The van der Waals surface area contributed by atoms with Crippen LogP contribution in [-0.4, -0.2) is 43.0 Å². The second-order valence-corrected chi connectivity index (χ2v) is 6.86. The lowest BCUT2D eigenvalue weighted by Gasteiger charge is -2.18. The average molecular weight is 474 g/mol. The first-order valence-corrected chi connectivity index (χ1v) is 9.03. The predicted octanol–water partition coefficient (Wildman–Crippen LogP) is 4.04. The summed E-state index contributed by atoms with van der Waals surface area (Å²) in [6.07, 6.45) is 0. The lowest BCUT2D eigenvalue weighted by atomic mass is 10.2. The fourth-order valence-electron chi connectivity index (χ4n) is 2.53. The number of benzene rings is 2. The summed E-state index contributed by atoms with van der Waals surface area (Å²) >= 11 is 3.19. The smallest absolute Gasteiger partial charge is 0.387 e. The molecule has 2 aromatic rings. The third-order valence-corrected chi connectivity index (χ3v) is 4.40. The van der Waals surface area contributed by atoms with Crippen molar-refractivity contribution < 1.29 is 28.0 Å². The Morgan fingerprint density at radius 1 is 1.28 bits per heavy atom. The van der Waals surface area contributed by atoms with E-state index in [1.165, 1.54) is 37.4 Å². The zero-order chi connectivity index (χ0) is 21.6. The number of carbonyl (C=O) groups excluding carboxylic acids is 1. The molecule has 156 valence electrons. The highest BCUT2D eigenvalue weighted by atomic mass is 79.9. The van der Waals surface area contributed by atoms with Crippen LogP contribution in [0.4, 0.5) is 20.2 Å². The number of rotatable bonds is 9. The summed E-state index contributed by atoms with van der Waals surface area (Å²) in [6, 6.07) is 8.62. The van der Waals surface area contributed by atoms with Crippen LogP contribution in [0.1, 0.15) is 5.56 Å². The molecule has 0 radical (unpaired) electrons. The second-order valence-electron chi connectivity index (χ2n) is 6.01. The summed E-state index contributed by atoms with van der Waals surface area (Å²) < 4.78 is 34.9. The Kier molecular flexibility index (Phi) is 7.85. The van der Waals surface area contributed by atoms with Gasteiger partial charge >= 0.3 is 6.61 Å². The molecule has 1 N–H and O–H groups in total. The lowest BCUT2D eigenvalue weighted by Crippen LogP contribution is -2.30. The first-order chi connectivity index (χ1) is 13.7. The van der Waals surface area contributed by atoms with E-state index in [1.807, 2.05) is 0 Å². The van der Waals surface area contributed by atoms with Gasteiger partial charge < -0.3 is 14.8 Å². The summed E-state index contributed by atoms with van der Waals surface area (Å²) in [5.41, 5.74) is 0.938. The number of amides is 1. The fraction of sp³-hybridized carbons (Fsp3) is 0.278. The summed E-state index contributed by atoms with van der Waals surface area (Å²) in [5.74, 6) is -0.259. The van der Waals surface area contributed by atoms with E-state index in [-0.39, 0.29) is 29.6 Å². The topological polar surface area (TPSA) is 93.9 Å². The van der Waals surface area contributed by atoms with E-state index < -0.39 is 11.5 Å². The van der Waals surface area contributed by atoms with E-state index in [4.69, 9.17) is 4.74 Å². The molecule has 8 nitrogen and oxygen atoms in total. The average Bonchev–Trinajstić information content (AvgIpc) is 2.62. The number of nitrogens with zero attached hydrogens (tertiary/aromatic N) is 2. The van der Waals surface area contributed by atoms with Gasteiger partial charge in [0.05, 0.1) is 24.3 Å². The Morgan fingerprint density at radius 2 is 2.00 bits per heavy atom. The van der Waals surface area contributed by atoms with E-state index in [0.29, 0.717) is 22.3 Å². The predicted molar refractivity (Wildman–Crippen MR) is 105 cm³/mol. The highest BCUT2D eigenvalue weighted by Gasteiger charge is 2.15. The number of hydrogen-bond acceptors (Lipinski definition) is 6. The second kappa shape index (κ2) is 10.1. The van der Waals surface area contributed by atoms with Crippen molar-refractivity contribution in [2.75, 3.05) is 26.0 Å². The summed E-state index contributed by atoms with van der Waals surface area (Å²) in [5, 5.41) is 13.4. The number of nitrogens with one attached hydrogen (secondary N) is 1. The van der Waals surface area contributed by atoms with Crippen molar-refractivity contribution in [3.63, 3.8) is 0 Å². The van der Waals surface area contributed by atoms with Crippen molar-refractivity contribution in [2.24, 2.45) is 0 Å². The summed E-state index contributed by atoms with van der Waals surface area (Å²) in [7, 11) is 3.03. The maximum absolute atomic E-state index is 12.5. The highest BCUT2D eigenvalue weighted by molar-refractivity contribution is 9.10. The Labute approximate surface area is 173 Å². The van der Waals surface area contributed by atoms with Gasteiger partial charge in [-0.2, -0.15) is 8.78 Å². The normalized spacial score (nSPS) is 10.9. The SMILES string of the molecule is COc1ccc(CN(C)CC(=O)Nc2ccc([N+](=O)[O-])cc2Br)cc1OC(F)F. The summed E-state index contributed by atoms with van der Waals surface area (Å²) in [4.78, 5) is 24.1. The van der Waals surface area contributed by atoms with Gasteiger partial charge in [-0.15, -0.1) is 0 Å². The van der Waals surface area contributed by atoms with E-state index >= 15 is 0 Å². The summed E-state index contributed by atoms with van der Waals surface area (Å²) in [6.45, 7) is -2.69. The van der Waals surface area contributed by atoms with Crippen LogP contribution in [0.5, 0.6) is 11.5 Å². The maximum atomic E-state index is 12.5. The zero-order valence-corrected chi connectivity index (χ0v) is 17.1. The number of ether oxygens (including phenoxy) is 2. The number of halogens is 3. The number of anilines is 1. The largest absolute Gasteiger partial charge is 0.493 e. The third kappa shape index (κ3) is 6.64. The van der Waals surface area contributed by atoms with Gasteiger partial charge in [0.2, 0.25) is 5.91 Å². The molecule has 0 heterocycles. The third-order valence-electron chi connectivity index (χ3n) is 3.75. The van der Waals surface area contributed by atoms with Crippen molar-refractivity contribution in [2.45, 2.75) is 13.2 Å². The number of likely N-dealkylation sites (N-methyl/N-ethyl adjacent to an activating group) is 1. The number of nitro benzene ring substituents is 1. The van der Waals surface area contributed by atoms with Crippen molar-refractivity contribution in [3.8, 4) is 11.5 Å². The van der Waals surface area contributed by atoms with Crippen molar-refractivity contribution in [1.82, 2.24) is 4.90 Å². The quantitative estimate of drug-likeness (QED) is 0.436. The molecule has 2 aromatic carbocycles. The molecule has 0 aliphatic heterocycles. The van der Waals surface area contributed by atoms with E-state index in [2.05, 4.69) is 26.0 Å². The first kappa shape index (κ1) is 22.5. The molecule has 0 aliphatic rings. The molecule has 0 saturated heterocycles. The van der Waals surface area contributed by atoms with E-state index in [0.717, 1.165) is 0 Å². The molecule has 29 heavy (non-hydrogen) atoms. The van der Waals surface area contributed by atoms with Gasteiger partial charge in [-0.1, -0.05) is 6.07 Å². The van der Waals surface area contributed by atoms with Crippen LogP contribution in [0.15, 0.2) is 40.9 Å². The molecule has 11 heteroatoms. The molecule has 1 amide bonds. The van der Waals surface area contributed by atoms with Crippen LogP contribution in [-0.2, 0) is 11.3 Å². The van der Waals surface area contributed by atoms with Crippen LogP contribution >= 0.6 is 15.9 Å². The molecule has 0 saturated carbocycles. The van der Waals surface area contributed by atoms with Crippen molar-refractivity contribution >= 4 is 33.2 Å². The number of nitro groups is 1. The molecular formula is C18H18BrF2N3O5. The minimum absolute atomic E-state index is 0.000491. The van der Waals surface area contributed by atoms with Crippen molar-refractivity contribution in [1.29, 1.82) is 0 Å². The standard InChI is InChI=1S/C18H18BrF2N3O5/c1-23(9-11-3-6-15(28-2)16(7-11)29-18(20)21)10-17(25)22-14-5-4-12(24(26)27)8-13(14)19/h3-8,18H,9-10H2,1-2H3,(H,22,25). The van der Waals surface area contributed by atoms with E-state index in [9.17, 15) is 23.7 Å². The van der Waals surface area contributed by atoms with Crippen LogP contribution in [0, 0.1) is 10.1 Å². The number of alkyl halides is 2. The fourth-order valence-corrected chi connectivity index (χ4v) is 2.99. The Bertz CT molecular complexity index is 898. The molecule has 0 aliphatic carbocycles. The van der Waals surface area contributed by atoms with Crippen molar-refractivity contribution in [3.05, 3.63) is 56.5 Å². The molecule has 0 fully saturated rings. The Hall–Kier alpha value is -2.79. The molecule has 0 spiro atoms. The Morgan fingerprint density at radius 3 is 2.59 bits per heavy atom. The van der Waals surface area contributed by atoms with Crippen LogP contribution in [0.25, 0.3) is 0 Å². The number of hydrogen-bond donors (Lipinski definition) is 1. The van der Waals surface area contributed by atoms with Gasteiger partial charge in [0, 0.05) is 23.2 Å². The lowest BCUT2D eigenvalue weighted by molar-refractivity contribution is -0.384. The van der Waals surface area contributed by atoms with Crippen LogP contribution in [0.2, 0.25) is 0 Å². The minimum Gasteiger partial charge on any atom is -0.493 e. The maximum Gasteiger partial charge on any atom is 0.387 e. The monoisotopic (exact) mass is 473 g/mol. The molecule has 2 rings (SSSR count). The Balaban J connectivity index is 1.99. The molecule has 0 unspecified atom stereocenters. The minimum atomic E-state index is -2.98. The number of methoxy groups -OCH3 is 1. The van der Waals surface area contributed by atoms with Gasteiger partial charge in [-0.3, -0.25) is 19.8 Å². The van der Waals surface area contributed by atoms with Gasteiger partial charge in [0.25, 0.3) is 5.69 Å². The van der Waals surface area contributed by atoms with Crippen LogP contribution in [0.3, 0.4) is 0 Å². The molecular weight excluding hydrogens is 456 g/mol. The molecule has 0 aromatic heterocycles. The van der Waals surface area contributed by atoms with Gasteiger partial charge in [-0.05, 0) is 46.7 Å². The molecule has 0 atom stereocenters. The number of carbonyl (C=O) groups is 1. The molecule has 0 bridgehead atoms. The van der Waals surface area contributed by atoms with E-state index in [1.54, 1.807) is 18.0 Å². The highest BCUT2D eigenvalue weighted by Crippen LogP contribution is 2.30. The number of non-ortho nitro benzene ring substituents is 1. The van der Waals surface area contributed by atoms with Gasteiger partial charge in [0.1, 0.15) is 0 Å².